The fourth-order valence-corrected chi connectivity index (χ4v) is 4.03. The highest BCUT2D eigenvalue weighted by Gasteiger charge is 2.22. The lowest BCUT2D eigenvalue weighted by Crippen LogP contribution is -2.17. The number of aryl methyl sites for hydroxylation is 2. The molecule has 0 bridgehead atoms. The lowest BCUT2D eigenvalue weighted by atomic mass is 10.1. The molecule has 0 heterocycles. The minimum Gasteiger partial charge on any atom is -0.497 e. The Balaban J connectivity index is 1.86. The zero-order valence-corrected chi connectivity index (χ0v) is 17.5. The normalized spacial score (nSPS) is 11.1. The predicted octanol–water partition coefficient (Wildman–Crippen LogP) is 4.50. The zero-order valence-electron chi connectivity index (χ0n) is 16.7. The van der Waals surface area contributed by atoms with Crippen molar-refractivity contribution in [2.24, 2.45) is 0 Å². The average Bonchev–Trinajstić information content (AvgIpc) is 2.70. The Kier molecular flexibility index (Phi) is 6.07. The van der Waals surface area contributed by atoms with Gasteiger partial charge in [-0.15, -0.1) is 0 Å². The topological polar surface area (TPSA) is 84.5 Å². The van der Waals surface area contributed by atoms with Crippen LogP contribution in [0.15, 0.2) is 65.6 Å². The number of benzene rings is 3. The van der Waals surface area contributed by atoms with Crippen molar-refractivity contribution in [2.45, 2.75) is 18.7 Å². The third kappa shape index (κ3) is 4.77. The lowest BCUT2D eigenvalue weighted by Gasteiger charge is -2.12. The fraction of sp³-hybridized carbons (Fsp3) is 0.136. The van der Waals surface area contributed by atoms with E-state index in [1.807, 2.05) is 26.0 Å². The summed E-state index contributed by atoms with van der Waals surface area (Å²) >= 11 is 0. The number of ether oxygens (including phenoxy) is 1. The fourth-order valence-electron chi connectivity index (χ4n) is 2.87. The van der Waals surface area contributed by atoms with Crippen LogP contribution in [-0.4, -0.2) is 21.4 Å². The van der Waals surface area contributed by atoms with Gasteiger partial charge < -0.3 is 10.1 Å². The summed E-state index contributed by atoms with van der Waals surface area (Å²) in [6.07, 6.45) is 0. The Morgan fingerprint density at radius 2 is 1.67 bits per heavy atom. The molecule has 0 atom stereocenters. The van der Waals surface area contributed by atoms with E-state index in [4.69, 9.17) is 4.74 Å². The number of halogens is 1. The first-order valence-electron chi connectivity index (χ1n) is 9.04. The molecule has 0 aliphatic carbocycles. The van der Waals surface area contributed by atoms with E-state index in [1.165, 1.54) is 25.3 Å². The first-order valence-corrected chi connectivity index (χ1v) is 10.5. The van der Waals surface area contributed by atoms with Crippen molar-refractivity contribution in [3.05, 3.63) is 83.2 Å². The van der Waals surface area contributed by atoms with Gasteiger partial charge in [0.1, 0.15) is 16.5 Å². The summed E-state index contributed by atoms with van der Waals surface area (Å²) in [6.45, 7) is 3.79. The molecule has 3 aromatic carbocycles. The van der Waals surface area contributed by atoms with Crippen molar-refractivity contribution in [2.75, 3.05) is 17.1 Å². The summed E-state index contributed by atoms with van der Waals surface area (Å²) in [6, 6.07) is 14.9. The molecule has 0 aliphatic heterocycles. The monoisotopic (exact) mass is 428 g/mol. The van der Waals surface area contributed by atoms with Crippen molar-refractivity contribution in [1.82, 2.24) is 0 Å². The minimum absolute atomic E-state index is 0.0199. The van der Waals surface area contributed by atoms with Gasteiger partial charge in [-0.25, -0.2) is 12.8 Å². The first kappa shape index (κ1) is 21.3. The maximum Gasteiger partial charge on any atom is 0.264 e. The molecule has 156 valence electrons. The van der Waals surface area contributed by atoms with E-state index < -0.39 is 26.6 Å². The van der Waals surface area contributed by atoms with Crippen molar-refractivity contribution in [3.63, 3.8) is 0 Å². The van der Waals surface area contributed by atoms with Gasteiger partial charge in [-0.1, -0.05) is 17.7 Å². The van der Waals surface area contributed by atoms with Gasteiger partial charge in [0.2, 0.25) is 0 Å². The average molecular weight is 428 g/mol. The number of carbonyl (C=O) groups excluding carboxylic acids is 1. The number of carbonyl (C=O) groups is 1. The van der Waals surface area contributed by atoms with Crippen molar-refractivity contribution >= 4 is 27.3 Å². The van der Waals surface area contributed by atoms with Crippen LogP contribution in [0.5, 0.6) is 5.75 Å². The maximum atomic E-state index is 14.3. The zero-order chi connectivity index (χ0) is 21.9. The molecular weight excluding hydrogens is 407 g/mol. The number of hydrogen-bond acceptors (Lipinski definition) is 4. The molecule has 0 saturated heterocycles. The second kappa shape index (κ2) is 8.54. The number of sulfonamides is 1. The molecule has 2 N–H and O–H groups in total. The second-order valence-electron chi connectivity index (χ2n) is 6.75. The van der Waals surface area contributed by atoms with Crippen LogP contribution in [-0.2, 0) is 10.0 Å². The van der Waals surface area contributed by atoms with E-state index in [0.29, 0.717) is 11.4 Å². The van der Waals surface area contributed by atoms with E-state index in [0.717, 1.165) is 23.3 Å². The molecule has 6 nitrogen and oxygen atoms in total. The molecule has 0 aliphatic rings. The molecule has 8 heteroatoms. The molecule has 1 amide bonds. The highest BCUT2D eigenvalue weighted by molar-refractivity contribution is 7.92. The van der Waals surface area contributed by atoms with Gasteiger partial charge in [-0.3, -0.25) is 9.52 Å². The van der Waals surface area contributed by atoms with E-state index in [-0.39, 0.29) is 11.3 Å². The highest BCUT2D eigenvalue weighted by Crippen LogP contribution is 2.23. The van der Waals surface area contributed by atoms with Gasteiger partial charge in [-0.2, -0.15) is 0 Å². The van der Waals surface area contributed by atoms with Crippen LogP contribution in [0, 0.1) is 19.7 Å². The lowest BCUT2D eigenvalue weighted by molar-refractivity contribution is 0.102. The summed E-state index contributed by atoms with van der Waals surface area (Å²) in [5.74, 6) is -0.948. The van der Waals surface area contributed by atoms with E-state index in [9.17, 15) is 17.6 Å². The molecule has 30 heavy (non-hydrogen) atoms. The number of hydrogen-bond donors (Lipinski definition) is 2. The molecule has 0 aromatic heterocycles. The summed E-state index contributed by atoms with van der Waals surface area (Å²) in [7, 11) is -2.76. The second-order valence-corrected chi connectivity index (χ2v) is 8.40. The number of rotatable bonds is 6. The van der Waals surface area contributed by atoms with Gasteiger partial charge in [0, 0.05) is 16.9 Å². The van der Waals surface area contributed by atoms with Crippen LogP contribution in [0.2, 0.25) is 0 Å². The van der Waals surface area contributed by atoms with E-state index >= 15 is 0 Å². The number of anilines is 2. The van der Waals surface area contributed by atoms with Crippen LogP contribution in [0.4, 0.5) is 15.8 Å². The standard InChI is InChI=1S/C22H21FN2O4S/c1-14-4-11-20(15(2)12-14)24-22(26)16-5-10-19(23)21(13-16)30(27,28)25-17-6-8-18(29-3)9-7-17/h4-13,25H,1-3H3,(H,24,26). The van der Waals surface area contributed by atoms with Gasteiger partial charge >= 0.3 is 0 Å². The van der Waals surface area contributed by atoms with Crippen LogP contribution in [0.25, 0.3) is 0 Å². The van der Waals surface area contributed by atoms with Crippen LogP contribution in [0.3, 0.4) is 0 Å². The molecule has 3 rings (SSSR count). The van der Waals surface area contributed by atoms with Crippen molar-refractivity contribution in [3.8, 4) is 5.75 Å². The van der Waals surface area contributed by atoms with Crippen molar-refractivity contribution < 1.29 is 22.3 Å². The molecular formula is C22H21FN2O4S. The van der Waals surface area contributed by atoms with E-state index in [1.54, 1.807) is 18.2 Å². The number of nitrogens with one attached hydrogen (secondary N) is 2. The molecule has 0 fully saturated rings. The summed E-state index contributed by atoms with van der Waals surface area (Å²) in [5, 5.41) is 2.72. The Bertz CT molecular complexity index is 1190. The minimum atomic E-state index is -4.25. The van der Waals surface area contributed by atoms with Crippen LogP contribution in [0.1, 0.15) is 21.5 Å². The van der Waals surface area contributed by atoms with E-state index in [2.05, 4.69) is 10.0 Å². The van der Waals surface area contributed by atoms with Crippen molar-refractivity contribution in [1.29, 1.82) is 0 Å². The quantitative estimate of drug-likeness (QED) is 0.605. The molecule has 0 unspecified atom stereocenters. The number of amides is 1. The Hall–Kier alpha value is -3.39. The summed E-state index contributed by atoms with van der Waals surface area (Å²) in [4.78, 5) is 12.0. The van der Waals surface area contributed by atoms with Gasteiger partial charge in [0.15, 0.2) is 0 Å². The third-order valence-electron chi connectivity index (χ3n) is 4.46. The Labute approximate surface area is 174 Å². The molecule has 0 spiro atoms. The SMILES string of the molecule is COc1ccc(NS(=O)(=O)c2cc(C(=O)Nc3ccc(C)cc3C)ccc2F)cc1. The van der Waals surface area contributed by atoms with Crippen LogP contribution < -0.4 is 14.8 Å². The Morgan fingerprint density at radius 1 is 0.967 bits per heavy atom. The number of methoxy groups -OCH3 is 1. The summed E-state index contributed by atoms with van der Waals surface area (Å²) < 4.78 is 47.0. The summed E-state index contributed by atoms with van der Waals surface area (Å²) in [5.41, 5.74) is 2.76. The highest BCUT2D eigenvalue weighted by atomic mass is 32.2. The molecule has 0 saturated carbocycles. The van der Waals surface area contributed by atoms with Gasteiger partial charge in [0.25, 0.3) is 15.9 Å². The smallest absolute Gasteiger partial charge is 0.264 e. The first-order chi connectivity index (χ1) is 14.2. The van der Waals surface area contributed by atoms with Crippen LogP contribution >= 0.6 is 0 Å². The third-order valence-corrected chi connectivity index (χ3v) is 5.85. The van der Waals surface area contributed by atoms with Gasteiger partial charge in [-0.05, 0) is 67.9 Å². The largest absolute Gasteiger partial charge is 0.497 e. The molecule has 3 aromatic rings. The predicted molar refractivity (Wildman–Crippen MR) is 114 cm³/mol. The van der Waals surface area contributed by atoms with Gasteiger partial charge in [0.05, 0.1) is 7.11 Å². The Morgan fingerprint density at radius 3 is 2.30 bits per heavy atom. The molecule has 0 radical (unpaired) electrons. The maximum absolute atomic E-state index is 14.3.